The molecule has 3 heterocycles. The molecule has 0 aliphatic carbocycles. The Labute approximate surface area is 157 Å². The van der Waals surface area contributed by atoms with Gasteiger partial charge in [0.05, 0.1) is 0 Å². The zero-order valence-corrected chi connectivity index (χ0v) is 15.2. The average molecular weight is 365 g/mol. The molecule has 2 aromatic heterocycles. The number of benzene rings is 1. The maximum Gasteiger partial charge on any atom is 0.254 e. The van der Waals surface area contributed by atoms with Crippen LogP contribution in [0.3, 0.4) is 0 Å². The molecule has 0 radical (unpaired) electrons. The molecule has 4 rings (SSSR count). The summed E-state index contributed by atoms with van der Waals surface area (Å²) in [6, 6.07) is 8.24. The van der Waals surface area contributed by atoms with Gasteiger partial charge in [0.15, 0.2) is 0 Å². The lowest BCUT2D eigenvalue weighted by molar-refractivity contribution is 0.100. The fraction of sp³-hybridized carbons (Fsp3) is 0.316. The van der Waals surface area contributed by atoms with Crippen LogP contribution in [0.15, 0.2) is 36.7 Å². The third-order valence-electron chi connectivity index (χ3n) is 4.87. The molecule has 3 aromatic rings. The molecule has 27 heavy (non-hydrogen) atoms. The van der Waals surface area contributed by atoms with Crippen molar-refractivity contribution in [1.29, 1.82) is 0 Å². The number of amides is 1. The Bertz CT molecular complexity index is 975. The van der Waals surface area contributed by atoms with Gasteiger partial charge in [-0.25, -0.2) is 4.98 Å². The normalized spacial score (nSPS) is 17.0. The van der Waals surface area contributed by atoms with Crippen molar-refractivity contribution in [1.82, 2.24) is 19.9 Å². The Balaban J connectivity index is 1.66. The summed E-state index contributed by atoms with van der Waals surface area (Å²) in [5, 5.41) is 11.0. The second kappa shape index (κ2) is 7.24. The SMILES string of the molecule is Cn1ccc2c(Nc3nc(N[C@@H]4CCCNC4)ncc3C(N)=O)cccc21. The van der Waals surface area contributed by atoms with Crippen LogP contribution in [0.2, 0.25) is 0 Å². The Hall–Kier alpha value is -3.13. The third-order valence-corrected chi connectivity index (χ3v) is 4.87. The van der Waals surface area contributed by atoms with Gasteiger partial charge in [0.25, 0.3) is 5.91 Å². The first-order valence-electron chi connectivity index (χ1n) is 9.07. The zero-order valence-electron chi connectivity index (χ0n) is 15.2. The van der Waals surface area contributed by atoms with Gasteiger partial charge in [-0.1, -0.05) is 6.07 Å². The Morgan fingerprint density at radius 1 is 1.37 bits per heavy atom. The highest BCUT2D eigenvalue weighted by molar-refractivity contribution is 6.00. The van der Waals surface area contributed by atoms with Gasteiger partial charge >= 0.3 is 0 Å². The predicted molar refractivity (Wildman–Crippen MR) is 106 cm³/mol. The number of carbonyl (C=O) groups is 1. The van der Waals surface area contributed by atoms with E-state index in [0.29, 0.717) is 11.8 Å². The van der Waals surface area contributed by atoms with Crippen molar-refractivity contribution in [3.05, 3.63) is 42.2 Å². The quantitative estimate of drug-likeness (QED) is 0.550. The molecule has 1 saturated heterocycles. The number of hydrogen-bond acceptors (Lipinski definition) is 6. The van der Waals surface area contributed by atoms with E-state index in [4.69, 9.17) is 5.73 Å². The van der Waals surface area contributed by atoms with Crippen molar-refractivity contribution >= 4 is 34.3 Å². The Morgan fingerprint density at radius 3 is 3.04 bits per heavy atom. The number of anilines is 3. The first-order valence-corrected chi connectivity index (χ1v) is 9.07. The van der Waals surface area contributed by atoms with Crippen molar-refractivity contribution in [2.45, 2.75) is 18.9 Å². The van der Waals surface area contributed by atoms with Crippen LogP contribution in [0, 0.1) is 0 Å². The van der Waals surface area contributed by atoms with Gasteiger partial charge in [-0.3, -0.25) is 4.79 Å². The first-order chi connectivity index (χ1) is 13.1. The first kappa shape index (κ1) is 17.3. The number of fused-ring (bicyclic) bond motifs is 1. The van der Waals surface area contributed by atoms with E-state index in [1.54, 1.807) is 0 Å². The van der Waals surface area contributed by atoms with E-state index in [9.17, 15) is 4.79 Å². The van der Waals surface area contributed by atoms with E-state index in [2.05, 4.69) is 25.9 Å². The largest absolute Gasteiger partial charge is 0.365 e. The van der Waals surface area contributed by atoms with Crippen LogP contribution in [-0.2, 0) is 7.05 Å². The van der Waals surface area contributed by atoms with E-state index in [1.807, 2.05) is 42.1 Å². The van der Waals surface area contributed by atoms with Crippen molar-refractivity contribution < 1.29 is 4.79 Å². The number of nitrogens with zero attached hydrogens (tertiary/aromatic N) is 3. The van der Waals surface area contributed by atoms with Crippen LogP contribution < -0.4 is 21.7 Å². The standard InChI is InChI=1S/C19H23N7O/c1-26-9-7-13-15(5-2-6-16(13)26)24-18-14(17(20)27)11-22-19(25-18)23-12-4-3-8-21-10-12/h2,5-7,9,11-12,21H,3-4,8,10H2,1H3,(H2,20,27)(H2,22,23,24,25)/t12-/m1/s1. The van der Waals surface area contributed by atoms with Crippen molar-refractivity contribution in [2.24, 2.45) is 12.8 Å². The highest BCUT2D eigenvalue weighted by atomic mass is 16.1. The highest BCUT2D eigenvalue weighted by Crippen LogP contribution is 2.28. The van der Waals surface area contributed by atoms with E-state index in [1.165, 1.54) is 6.20 Å². The maximum atomic E-state index is 11.8. The van der Waals surface area contributed by atoms with Crippen molar-refractivity contribution in [2.75, 3.05) is 23.7 Å². The average Bonchev–Trinajstić information content (AvgIpc) is 3.05. The van der Waals surface area contributed by atoms with Crippen molar-refractivity contribution in [3.8, 4) is 0 Å². The summed E-state index contributed by atoms with van der Waals surface area (Å²) in [5.41, 5.74) is 7.73. The number of primary amides is 1. The summed E-state index contributed by atoms with van der Waals surface area (Å²) in [6.45, 7) is 1.90. The maximum absolute atomic E-state index is 11.8. The summed E-state index contributed by atoms with van der Waals surface area (Å²) in [7, 11) is 1.99. The molecule has 140 valence electrons. The van der Waals surface area contributed by atoms with Crippen LogP contribution in [0.4, 0.5) is 17.5 Å². The number of rotatable bonds is 5. The summed E-state index contributed by atoms with van der Waals surface area (Å²) >= 11 is 0. The summed E-state index contributed by atoms with van der Waals surface area (Å²) < 4.78 is 2.04. The monoisotopic (exact) mass is 365 g/mol. The van der Waals surface area contributed by atoms with Gasteiger partial charge in [-0.05, 0) is 37.6 Å². The number of aromatic nitrogens is 3. The van der Waals surface area contributed by atoms with Crippen molar-refractivity contribution in [3.63, 3.8) is 0 Å². The van der Waals surface area contributed by atoms with E-state index in [-0.39, 0.29) is 11.6 Å². The Morgan fingerprint density at radius 2 is 2.26 bits per heavy atom. The molecule has 0 saturated carbocycles. The van der Waals surface area contributed by atoms with Crippen LogP contribution in [0.5, 0.6) is 0 Å². The number of aryl methyl sites for hydroxylation is 1. The van der Waals surface area contributed by atoms with Gasteiger partial charge < -0.3 is 26.3 Å². The lowest BCUT2D eigenvalue weighted by atomic mass is 10.1. The Kier molecular flexibility index (Phi) is 4.64. The number of nitrogens with one attached hydrogen (secondary N) is 3. The molecule has 1 fully saturated rings. The fourth-order valence-corrected chi connectivity index (χ4v) is 3.42. The molecule has 8 nitrogen and oxygen atoms in total. The molecule has 0 spiro atoms. The second-order valence-corrected chi connectivity index (χ2v) is 6.80. The molecule has 0 unspecified atom stereocenters. The molecule has 8 heteroatoms. The minimum Gasteiger partial charge on any atom is -0.365 e. The molecule has 1 amide bonds. The molecule has 5 N–H and O–H groups in total. The molecule has 1 aliphatic heterocycles. The zero-order chi connectivity index (χ0) is 18.8. The number of nitrogens with two attached hydrogens (primary N) is 1. The van der Waals surface area contributed by atoms with Crippen LogP contribution in [-0.4, -0.2) is 39.6 Å². The molecule has 1 aliphatic rings. The molecule has 0 bridgehead atoms. The lowest BCUT2D eigenvalue weighted by Crippen LogP contribution is -2.38. The van der Waals surface area contributed by atoms with Gasteiger partial charge in [-0.15, -0.1) is 0 Å². The number of carbonyl (C=O) groups excluding carboxylic acids is 1. The number of hydrogen-bond donors (Lipinski definition) is 4. The smallest absolute Gasteiger partial charge is 0.254 e. The van der Waals surface area contributed by atoms with E-state index in [0.717, 1.165) is 42.5 Å². The van der Waals surface area contributed by atoms with Gasteiger partial charge in [0.1, 0.15) is 11.4 Å². The van der Waals surface area contributed by atoms with Gasteiger partial charge in [-0.2, -0.15) is 4.98 Å². The highest BCUT2D eigenvalue weighted by Gasteiger charge is 2.17. The lowest BCUT2D eigenvalue weighted by Gasteiger charge is -2.24. The summed E-state index contributed by atoms with van der Waals surface area (Å²) in [6.07, 6.45) is 5.63. The molecular formula is C19H23N7O. The molecule has 1 atom stereocenters. The number of piperidine rings is 1. The van der Waals surface area contributed by atoms with E-state index < -0.39 is 5.91 Å². The van der Waals surface area contributed by atoms with Crippen LogP contribution in [0.25, 0.3) is 10.9 Å². The predicted octanol–water partition coefficient (Wildman–Crippen LogP) is 1.97. The van der Waals surface area contributed by atoms with E-state index >= 15 is 0 Å². The fourth-order valence-electron chi connectivity index (χ4n) is 3.42. The van der Waals surface area contributed by atoms with Gasteiger partial charge in [0, 0.05) is 48.6 Å². The third kappa shape index (κ3) is 3.56. The van der Waals surface area contributed by atoms with Crippen LogP contribution >= 0.6 is 0 Å². The summed E-state index contributed by atoms with van der Waals surface area (Å²) in [5.74, 6) is 0.320. The second-order valence-electron chi connectivity index (χ2n) is 6.80. The topological polar surface area (TPSA) is 110 Å². The van der Waals surface area contributed by atoms with Crippen LogP contribution in [0.1, 0.15) is 23.2 Å². The summed E-state index contributed by atoms with van der Waals surface area (Å²) in [4.78, 5) is 20.6. The van der Waals surface area contributed by atoms with Gasteiger partial charge in [0.2, 0.25) is 5.95 Å². The minimum atomic E-state index is -0.566. The molecule has 1 aromatic carbocycles. The molecular weight excluding hydrogens is 342 g/mol. The minimum absolute atomic E-state index is 0.259.